The molecule has 2 aromatic carbocycles. The van der Waals surface area contributed by atoms with Gasteiger partial charge in [0.25, 0.3) is 5.56 Å². The van der Waals surface area contributed by atoms with Crippen molar-refractivity contribution in [1.29, 1.82) is 0 Å². The average Bonchev–Trinajstić information content (AvgIpc) is 3.32. The van der Waals surface area contributed by atoms with Crippen LogP contribution < -0.4 is 11.3 Å². The lowest BCUT2D eigenvalue weighted by Crippen LogP contribution is -2.34. The van der Waals surface area contributed by atoms with E-state index >= 15 is 0 Å². The lowest BCUT2D eigenvalue weighted by atomic mass is 9.94. The van der Waals surface area contributed by atoms with Crippen LogP contribution in [0, 0.1) is 11.8 Å². The Bertz CT molecular complexity index is 1210. The number of aromatic nitrogens is 2. The zero-order chi connectivity index (χ0) is 23.9. The fourth-order valence-electron chi connectivity index (χ4n) is 4.38. The number of aliphatic hydroxyl groups is 1. The molecule has 1 aliphatic rings. The van der Waals surface area contributed by atoms with Crippen LogP contribution >= 0.6 is 0 Å². The third kappa shape index (κ3) is 5.72. The Kier molecular flexibility index (Phi) is 7.76. The van der Waals surface area contributed by atoms with Crippen LogP contribution in [0.25, 0.3) is 0 Å². The highest BCUT2D eigenvalue weighted by Crippen LogP contribution is 2.23. The molecule has 1 saturated heterocycles. The molecule has 5 N–H and O–H groups in total. The van der Waals surface area contributed by atoms with Gasteiger partial charge in [0, 0.05) is 42.6 Å². The first kappa shape index (κ1) is 23.7. The molecule has 1 aromatic heterocycles. The Hall–Kier alpha value is -3.44. The average molecular weight is 459 g/mol. The summed E-state index contributed by atoms with van der Waals surface area (Å²) in [7, 11) is 0. The van der Waals surface area contributed by atoms with Gasteiger partial charge < -0.3 is 20.9 Å². The smallest absolute Gasteiger partial charge is 0.293 e. The van der Waals surface area contributed by atoms with Gasteiger partial charge >= 0.3 is 0 Å². The molecule has 1 aliphatic heterocycles. The molecular formula is C27H30N4O3. The molecule has 0 aliphatic carbocycles. The summed E-state index contributed by atoms with van der Waals surface area (Å²) in [5.74, 6) is 5.69. The Balaban J connectivity index is 1.39. The lowest BCUT2D eigenvalue weighted by Gasteiger charge is -2.23. The van der Waals surface area contributed by atoms with Crippen molar-refractivity contribution in [3.63, 3.8) is 0 Å². The van der Waals surface area contributed by atoms with Crippen molar-refractivity contribution >= 4 is 0 Å². The first-order valence-electron chi connectivity index (χ1n) is 11.6. The third-order valence-electron chi connectivity index (χ3n) is 6.41. The number of benzene rings is 2. The van der Waals surface area contributed by atoms with E-state index < -0.39 is 11.3 Å². The molecule has 0 amide bonds. The largest absolute Gasteiger partial charge is 0.502 e. The van der Waals surface area contributed by atoms with E-state index in [1.165, 1.54) is 24.7 Å². The molecule has 0 spiro atoms. The van der Waals surface area contributed by atoms with Crippen molar-refractivity contribution in [2.75, 3.05) is 19.7 Å². The van der Waals surface area contributed by atoms with Gasteiger partial charge in [-0.3, -0.25) is 9.69 Å². The number of hydrogen-bond donors (Lipinski definition) is 4. The zero-order valence-corrected chi connectivity index (χ0v) is 19.1. The van der Waals surface area contributed by atoms with E-state index in [1.807, 2.05) is 36.4 Å². The predicted octanol–water partition coefficient (Wildman–Crippen LogP) is 2.12. The first-order chi connectivity index (χ1) is 16.6. The number of rotatable bonds is 7. The molecule has 0 saturated carbocycles. The maximum absolute atomic E-state index is 11.6. The summed E-state index contributed by atoms with van der Waals surface area (Å²) in [5, 5.41) is 19.7. The highest BCUT2D eigenvalue weighted by atomic mass is 16.3. The fourth-order valence-corrected chi connectivity index (χ4v) is 4.38. The molecule has 0 unspecified atom stereocenters. The van der Waals surface area contributed by atoms with E-state index in [9.17, 15) is 15.0 Å². The number of hydrogen-bond acceptors (Lipinski definition) is 6. The summed E-state index contributed by atoms with van der Waals surface area (Å²) >= 11 is 0. The summed E-state index contributed by atoms with van der Waals surface area (Å²) in [6.45, 7) is 2.62. The summed E-state index contributed by atoms with van der Waals surface area (Å²) in [6.07, 6.45) is 3.91. The number of nitrogens with two attached hydrogens (primary N) is 1. The van der Waals surface area contributed by atoms with Gasteiger partial charge in [0.1, 0.15) is 0 Å². The second-order valence-electron chi connectivity index (χ2n) is 8.68. The van der Waals surface area contributed by atoms with Crippen LogP contribution in [0.4, 0.5) is 0 Å². The van der Waals surface area contributed by atoms with E-state index in [2.05, 4.69) is 38.8 Å². The summed E-state index contributed by atoms with van der Waals surface area (Å²) in [5.41, 5.74) is 9.53. The number of nitrogens with one attached hydrogen (secondary N) is 1. The van der Waals surface area contributed by atoms with Crippen LogP contribution in [0.3, 0.4) is 0 Å². The molecule has 34 heavy (non-hydrogen) atoms. The number of aliphatic hydroxyl groups excluding tert-OH is 1. The van der Waals surface area contributed by atoms with Gasteiger partial charge in [-0.1, -0.05) is 36.1 Å². The van der Waals surface area contributed by atoms with Gasteiger partial charge in [0.05, 0.1) is 18.6 Å². The van der Waals surface area contributed by atoms with Gasteiger partial charge in [0.15, 0.2) is 0 Å². The van der Waals surface area contributed by atoms with Crippen molar-refractivity contribution in [3.8, 4) is 17.6 Å². The maximum atomic E-state index is 11.6. The van der Waals surface area contributed by atoms with Gasteiger partial charge in [0.2, 0.25) is 5.75 Å². The zero-order valence-electron chi connectivity index (χ0n) is 19.1. The molecule has 0 radical (unpaired) electrons. The van der Waals surface area contributed by atoms with Crippen molar-refractivity contribution < 1.29 is 10.2 Å². The fraction of sp³-hybridized carbons (Fsp3) is 0.333. The molecule has 0 bridgehead atoms. The highest BCUT2D eigenvalue weighted by Gasteiger charge is 2.22. The topological polar surface area (TPSA) is 115 Å². The van der Waals surface area contributed by atoms with Crippen molar-refractivity contribution in [2.24, 2.45) is 5.73 Å². The van der Waals surface area contributed by atoms with Crippen molar-refractivity contribution in [2.45, 2.75) is 37.8 Å². The molecule has 4 rings (SSSR count). The second-order valence-corrected chi connectivity index (χ2v) is 8.68. The summed E-state index contributed by atoms with van der Waals surface area (Å²) in [4.78, 5) is 20.4. The van der Waals surface area contributed by atoms with Crippen molar-refractivity contribution in [1.82, 2.24) is 14.9 Å². The van der Waals surface area contributed by atoms with Crippen LogP contribution in [-0.2, 0) is 13.0 Å². The minimum Gasteiger partial charge on any atom is -0.502 e. The number of nitrogens with zero attached hydrogens (tertiary/aromatic N) is 2. The second kappa shape index (κ2) is 11.1. The van der Waals surface area contributed by atoms with E-state index in [1.54, 1.807) is 0 Å². The van der Waals surface area contributed by atoms with E-state index in [-0.39, 0.29) is 24.6 Å². The van der Waals surface area contributed by atoms with E-state index in [4.69, 9.17) is 5.73 Å². The summed E-state index contributed by atoms with van der Waals surface area (Å²) < 4.78 is 0. The summed E-state index contributed by atoms with van der Waals surface area (Å²) in [6, 6.07) is 16.5. The highest BCUT2D eigenvalue weighted by molar-refractivity contribution is 5.44. The normalized spacial score (nSPS) is 16.7. The number of aromatic amines is 1. The number of H-pyrrole nitrogens is 1. The standard InChI is InChI=1S/C27H30N4O3/c28-15-24-2-1-13-31(24)16-21-7-5-19(6-8-21)3-4-20-9-11-22(12-10-20)23(17-32)14-25-26(33)27(34)30-18-29-25/h5-12,18,23-24,32-33H,1-2,13-17,28H2,(H,29,30,34)/t23-,24-/m0/s1. The number of likely N-dealkylation sites (tertiary alicyclic amines) is 1. The van der Waals surface area contributed by atoms with Crippen LogP contribution in [0.2, 0.25) is 0 Å². The molecule has 2 atom stereocenters. The number of aromatic hydroxyl groups is 1. The molecule has 7 nitrogen and oxygen atoms in total. The van der Waals surface area contributed by atoms with Crippen molar-refractivity contribution in [3.05, 3.63) is 93.2 Å². The van der Waals surface area contributed by atoms with Gasteiger partial charge in [-0.05, 0) is 54.8 Å². The Labute approximate surface area is 199 Å². The Morgan fingerprint density at radius 2 is 1.79 bits per heavy atom. The first-order valence-corrected chi connectivity index (χ1v) is 11.6. The molecular weight excluding hydrogens is 428 g/mol. The molecule has 7 heteroatoms. The van der Waals surface area contributed by atoms with Gasteiger partial charge in [-0.2, -0.15) is 0 Å². The van der Waals surface area contributed by atoms with Gasteiger partial charge in [-0.15, -0.1) is 0 Å². The van der Waals surface area contributed by atoms with Gasteiger partial charge in [-0.25, -0.2) is 4.98 Å². The monoisotopic (exact) mass is 458 g/mol. The molecule has 2 heterocycles. The minimum absolute atomic E-state index is 0.130. The predicted molar refractivity (Wildman–Crippen MR) is 131 cm³/mol. The van der Waals surface area contributed by atoms with E-state index in [0.29, 0.717) is 12.6 Å². The Morgan fingerprint density at radius 1 is 1.12 bits per heavy atom. The van der Waals surface area contributed by atoms with Crippen LogP contribution in [0.1, 0.15) is 46.7 Å². The Morgan fingerprint density at radius 3 is 2.44 bits per heavy atom. The van der Waals surface area contributed by atoms with Crippen LogP contribution in [0.15, 0.2) is 59.7 Å². The van der Waals surface area contributed by atoms with Crippen LogP contribution in [0.5, 0.6) is 5.75 Å². The quantitative estimate of drug-likeness (QED) is 0.403. The molecule has 1 fully saturated rings. The minimum atomic E-state index is -0.587. The van der Waals surface area contributed by atoms with Crippen LogP contribution in [-0.4, -0.2) is 50.8 Å². The van der Waals surface area contributed by atoms with E-state index in [0.717, 1.165) is 29.8 Å². The SMILES string of the molecule is NC[C@@H]1CCCN1Cc1ccc(C#Cc2ccc([C@H](CO)Cc3nc[nH]c(=O)c3O)cc2)cc1. The lowest BCUT2D eigenvalue weighted by molar-refractivity contribution is 0.250. The molecule has 176 valence electrons. The molecule has 3 aromatic rings. The maximum Gasteiger partial charge on any atom is 0.293 e. The third-order valence-corrected chi connectivity index (χ3v) is 6.41.